The highest BCUT2D eigenvalue weighted by molar-refractivity contribution is 7.99. The van der Waals surface area contributed by atoms with E-state index in [1.165, 1.54) is 0 Å². The van der Waals surface area contributed by atoms with Crippen molar-refractivity contribution in [2.24, 2.45) is 0 Å². The Morgan fingerprint density at radius 1 is 1.44 bits per heavy atom. The number of aromatic amines is 1. The van der Waals surface area contributed by atoms with Crippen molar-refractivity contribution in [2.75, 3.05) is 24.6 Å². The quantitative estimate of drug-likeness (QED) is 0.898. The highest BCUT2D eigenvalue weighted by atomic mass is 32.2. The molecule has 0 aliphatic carbocycles. The molecule has 5 nitrogen and oxygen atoms in total. The number of hydrogen-bond acceptors (Lipinski definition) is 4. The smallest absolute Gasteiger partial charge is 0.274 e. The summed E-state index contributed by atoms with van der Waals surface area (Å²) >= 11 is 1.88. The first-order chi connectivity index (χ1) is 8.84. The summed E-state index contributed by atoms with van der Waals surface area (Å²) in [5, 5.41) is 6.90. The summed E-state index contributed by atoms with van der Waals surface area (Å²) < 4.78 is 5.26. The van der Waals surface area contributed by atoms with E-state index in [4.69, 9.17) is 4.42 Å². The van der Waals surface area contributed by atoms with Crippen molar-refractivity contribution in [3.05, 3.63) is 30.2 Å². The van der Waals surface area contributed by atoms with Crippen LogP contribution < -0.4 is 0 Å². The highest BCUT2D eigenvalue weighted by Gasteiger charge is 2.21. The number of rotatable bonds is 2. The van der Waals surface area contributed by atoms with E-state index in [0.29, 0.717) is 11.5 Å². The number of furan rings is 1. The van der Waals surface area contributed by atoms with E-state index in [1.54, 1.807) is 18.4 Å². The summed E-state index contributed by atoms with van der Waals surface area (Å²) in [4.78, 5) is 14.0. The Bertz CT molecular complexity index is 529. The minimum absolute atomic E-state index is 0.00986. The number of thioether (sulfide) groups is 1. The predicted octanol–water partition coefficient (Wildman–Crippen LogP) is 1.86. The van der Waals surface area contributed by atoms with Gasteiger partial charge in [0.05, 0.1) is 6.26 Å². The molecule has 3 rings (SSSR count). The molecule has 0 bridgehead atoms. The molecular formula is C12H13N3O2S. The van der Waals surface area contributed by atoms with Gasteiger partial charge in [0.25, 0.3) is 5.91 Å². The number of nitrogens with zero attached hydrogens (tertiary/aromatic N) is 2. The molecule has 1 amide bonds. The first kappa shape index (κ1) is 11.4. The van der Waals surface area contributed by atoms with E-state index >= 15 is 0 Å². The standard InChI is InChI=1S/C12H13N3O2S/c16-12(15-3-6-18-7-4-15)10-8-9(13-14-10)11-2-1-5-17-11/h1-2,5,8H,3-4,6-7H2,(H,13,14). The van der Waals surface area contributed by atoms with Crippen LogP contribution in [0.1, 0.15) is 10.5 Å². The maximum Gasteiger partial charge on any atom is 0.274 e. The monoisotopic (exact) mass is 263 g/mol. The molecule has 0 aromatic carbocycles. The molecule has 1 N–H and O–H groups in total. The minimum Gasteiger partial charge on any atom is -0.463 e. The zero-order valence-corrected chi connectivity index (χ0v) is 10.6. The second-order valence-corrected chi connectivity index (χ2v) is 5.27. The molecule has 18 heavy (non-hydrogen) atoms. The Morgan fingerprint density at radius 2 is 2.28 bits per heavy atom. The van der Waals surface area contributed by atoms with E-state index < -0.39 is 0 Å². The predicted molar refractivity (Wildman–Crippen MR) is 69.5 cm³/mol. The third kappa shape index (κ3) is 2.15. The number of nitrogens with one attached hydrogen (secondary N) is 1. The molecule has 6 heteroatoms. The molecule has 94 valence electrons. The molecule has 0 saturated carbocycles. The van der Waals surface area contributed by atoms with Crippen molar-refractivity contribution < 1.29 is 9.21 Å². The van der Waals surface area contributed by atoms with Crippen LogP contribution in [0.2, 0.25) is 0 Å². The lowest BCUT2D eigenvalue weighted by Crippen LogP contribution is -2.38. The zero-order chi connectivity index (χ0) is 12.4. The van der Waals surface area contributed by atoms with Crippen molar-refractivity contribution in [1.82, 2.24) is 15.1 Å². The molecule has 2 aromatic heterocycles. The van der Waals surface area contributed by atoms with E-state index in [0.717, 1.165) is 30.3 Å². The first-order valence-electron chi connectivity index (χ1n) is 5.81. The van der Waals surface area contributed by atoms with Gasteiger partial charge in [0.15, 0.2) is 11.5 Å². The van der Waals surface area contributed by atoms with Crippen LogP contribution in [0.15, 0.2) is 28.9 Å². The Hall–Kier alpha value is -1.69. The third-order valence-electron chi connectivity index (χ3n) is 2.88. The van der Waals surface area contributed by atoms with Crippen LogP contribution in [-0.4, -0.2) is 45.6 Å². The zero-order valence-electron chi connectivity index (χ0n) is 9.76. The topological polar surface area (TPSA) is 62.1 Å². The lowest BCUT2D eigenvalue weighted by molar-refractivity contribution is 0.0766. The number of amides is 1. The van der Waals surface area contributed by atoms with Gasteiger partial charge in [-0.05, 0) is 12.1 Å². The summed E-state index contributed by atoms with van der Waals surface area (Å²) in [5.74, 6) is 2.68. The fraction of sp³-hybridized carbons (Fsp3) is 0.333. The summed E-state index contributed by atoms with van der Waals surface area (Å²) in [6.45, 7) is 1.60. The van der Waals surface area contributed by atoms with Gasteiger partial charge in [0, 0.05) is 30.7 Å². The average molecular weight is 263 g/mol. The van der Waals surface area contributed by atoms with Crippen LogP contribution >= 0.6 is 11.8 Å². The summed E-state index contributed by atoms with van der Waals surface area (Å²) in [6.07, 6.45) is 1.60. The average Bonchev–Trinajstić information content (AvgIpc) is 3.09. The van der Waals surface area contributed by atoms with E-state index in [1.807, 2.05) is 22.7 Å². The largest absolute Gasteiger partial charge is 0.463 e. The summed E-state index contributed by atoms with van der Waals surface area (Å²) in [6, 6.07) is 5.38. The lowest BCUT2D eigenvalue weighted by atomic mass is 10.3. The van der Waals surface area contributed by atoms with Gasteiger partial charge < -0.3 is 9.32 Å². The van der Waals surface area contributed by atoms with Crippen LogP contribution in [0, 0.1) is 0 Å². The van der Waals surface area contributed by atoms with Crippen LogP contribution in [0.25, 0.3) is 11.5 Å². The van der Waals surface area contributed by atoms with Gasteiger partial charge in [-0.2, -0.15) is 16.9 Å². The molecule has 0 radical (unpaired) electrons. The Kier molecular flexibility index (Phi) is 3.10. The minimum atomic E-state index is -0.00986. The lowest BCUT2D eigenvalue weighted by Gasteiger charge is -2.25. The van der Waals surface area contributed by atoms with Crippen LogP contribution in [0.5, 0.6) is 0 Å². The Morgan fingerprint density at radius 3 is 3.00 bits per heavy atom. The van der Waals surface area contributed by atoms with Crippen LogP contribution in [0.4, 0.5) is 0 Å². The van der Waals surface area contributed by atoms with Crippen LogP contribution in [0.3, 0.4) is 0 Å². The van der Waals surface area contributed by atoms with Gasteiger partial charge in [-0.25, -0.2) is 0 Å². The van der Waals surface area contributed by atoms with Crippen molar-refractivity contribution in [3.8, 4) is 11.5 Å². The van der Waals surface area contributed by atoms with Gasteiger partial charge in [-0.3, -0.25) is 9.89 Å². The SMILES string of the molecule is O=C(c1cc(-c2ccco2)[nH]n1)N1CCSCC1. The van der Waals surface area contributed by atoms with Gasteiger partial charge in [0.2, 0.25) is 0 Å². The number of hydrogen-bond donors (Lipinski definition) is 1. The van der Waals surface area contributed by atoms with Crippen molar-refractivity contribution >= 4 is 17.7 Å². The molecular weight excluding hydrogens is 250 g/mol. The number of carbonyl (C=O) groups is 1. The van der Waals surface area contributed by atoms with E-state index in [-0.39, 0.29) is 5.91 Å². The molecule has 3 heterocycles. The number of aromatic nitrogens is 2. The fourth-order valence-corrected chi connectivity index (χ4v) is 2.82. The van der Waals surface area contributed by atoms with Crippen molar-refractivity contribution in [3.63, 3.8) is 0 Å². The van der Waals surface area contributed by atoms with Gasteiger partial charge in [0.1, 0.15) is 5.69 Å². The Balaban J connectivity index is 1.78. The van der Waals surface area contributed by atoms with Crippen molar-refractivity contribution in [1.29, 1.82) is 0 Å². The molecule has 1 aliphatic heterocycles. The molecule has 0 spiro atoms. The molecule has 0 atom stereocenters. The van der Waals surface area contributed by atoms with Gasteiger partial charge >= 0.3 is 0 Å². The number of carbonyl (C=O) groups excluding carboxylic acids is 1. The molecule has 1 fully saturated rings. The van der Waals surface area contributed by atoms with Crippen molar-refractivity contribution in [2.45, 2.75) is 0 Å². The second-order valence-electron chi connectivity index (χ2n) is 4.05. The summed E-state index contributed by atoms with van der Waals surface area (Å²) in [5.41, 5.74) is 1.18. The summed E-state index contributed by atoms with van der Waals surface area (Å²) in [7, 11) is 0. The normalized spacial score (nSPS) is 15.9. The first-order valence-corrected chi connectivity index (χ1v) is 6.96. The third-order valence-corrected chi connectivity index (χ3v) is 3.82. The molecule has 1 saturated heterocycles. The molecule has 0 unspecified atom stereocenters. The van der Waals surface area contributed by atoms with E-state index in [2.05, 4.69) is 10.2 Å². The maximum absolute atomic E-state index is 12.2. The fourth-order valence-electron chi connectivity index (χ4n) is 1.92. The van der Waals surface area contributed by atoms with Gasteiger partial charge in [-0.1, -0.05) is 0 Å². The second kappa shape index (κ2) is 4.89. The molecule has 2 aromatic rings. The van der Waals surface area contributed by atoms with Gasteiger partial charge in [-0.15, -0.1) is 0 Å². The highest BCUT2D eigenvalue weighted by Crippen LogP contribution is 2.19. The Labute approximate surface area is 109 Å². The maximum atomic E-state index is 12.2. The van der Waals surface area contributed by atoms with E-state index in [9.17, 15) is 4.79 Å². The number of H-pyrrole nitrogens is 1. The van der Waals surface area contributed by atoms with Crippen LogP contribution in [-0.2, 0) is 0 Å². The molecule has 1 aliphatic rings.